The second kappa shape index (κ2) is 8.90. The Labute approximate surface area is 187 Å². The normalized spacial score (nSPS) is 11.5. The van der Waals surface area contributed by atoms with Crippen molar-refractivity contribution in [3.8, 4) is 0 Å². The van der Waals surface area contributed by atoms with Crippen molar-refractivity contribution < 1.29 is 83.8 Å². The van der Waals surface area contributed by atoms with E-state index in [1.165, 1.54) is 20.0 Å². The summed E-state index contributed by atoms with van der Waals surface area (Å²) in [6.07, 6.45) is -1.39. The average Bonchev–Trinajstić information content (AvgIpc) is 2.36. The molecule has 134 valence electrons. The first-order valence-electron chi connectivity index (χ1n) is 7.24. The molecule has 0 atom stereocenters. The Kier molecular flexibility index (Phi) is 8.70. The monoisotopic (exact) mass is 385 g/mol. The molecule has 0 bridgehead atoms. The second-order valence-electron chi connectivity index (χ2n) is 6.50. The number of nitrogens with zero attached hydrogens (tertiary/aromatic N) is 1. The van der Waals surface area contributed by atoms with E-state index in [0.29, 0.717) is 0 Å². The molecule has 0 aromatic heterocycles. The average molecular weight is 385 g/mol. The van der Waals surface area contributed by atoms with E-state index in [0.717, 1.165) is 11.0 Å². The molecule has 1 amide bonds. The molecule has 1 aromatic rings. The van der Waals surface area contributed by atoms with Crippen LogP contribution in [0, 0.1) is 6.92 Å². The Morgan fingerprint density at radius 3 is 2.16 bits per heavy atom. The molecule has 0 unspecified atom stereocenters. The zero-order valence-corrected chi connectivity index (χ0v) is 18.3. The number of carbonyl (C=O) groups is 2. The van der Waals surface area contributed by atoms with Crippen molar-refractivity contribution in [2.24, 2.45) is 0 Å². The molecule has 0 spiro atoms. The van der Waals surface area contributed by atoms with E-state index in [1.54, 1.807) is 20.8 Å². The van der Waals surface area contributed by atoms with Crippen molar-refractivity contribution in [1.29, 1.82) is 0 Å². The van der Waals surface area contributed by atoms with Crippen LogP contribution in [0.15, 0.2) is 12.1 Å². The fraction of sp³-hybridized carbons (Fsp3) is 0.467. The first-order chi connectivity index (χ1) is 10.7. The van der Waals surface area contributed by atoms with Crippen LogP contribution < -0.4 is 61.7 Å². The number of hydrogen-bond donors (Lipinski definition) is 1. The number of aliphatic carboxylic acids is 1. The molecular formula is C15H20BF3KNO4. The summed E-state index contributed by atoms with van der Waals surface area (Å²) in [4.78, 5) is 23.9. The molecule has 0 aliphatic heterocycles. The van der Waals surface area contributed by atoms with Gasteiger partial charge in [0.2, 0.25) is 0 Å². The predicted octanol–water partition coefficient (Wildman–Crippen LogP) is 0.0518. The summed E-state index contributed by atoms with van der Waals surface area (Å²) in [5.74, 6) is -1.25. The van der Waals surface area contributed by atoms with Crippen LogP contribution in [-0.4, -0.2) is 36.8 Å². The smallest absolute Gasteiger partial charge is 0.481 e. The minimum atomic E-state index is -5.35. The van der Waals surface area contributed by atoms with Gasteiger partial charge in [-0.2, -0.15) is 0 Å². The summed E-state index contributed by atoms with van der Waals surface area (Å²) in [5.41, 5.74) is -1.94. The summed E-state index contributed by atoms with van der Waals surface area (Å²) in [6, 6.07) is 2.10. The zero-order chi connectivity index (χ0) is 18.9. The third-order valence-corrected chi connectivity index (χ3v) is 3.29. The van der Waals surface area contributed by atoms with Crippen molar-refractivity contribution in [3.63, 3.8) is 0 Å². The van der Waals surface area contributed by atoms with Crippen molar-refractivity contribution in [1.82, 2.24) is 0 Å². The number of amides is 1. The van der Waals surface area contributed by atoms with Crippen molar-refractivity contribution >= 4 is 30.2 Å². The molecule has 10 heteroatoms. The van der Waals surface area contributed by atoms with Crippen LogP contribution in [0.1, 0.15) is 31.9 Å². The van der Waals surface area contributed by atoms with Crippen molar-refractivity contribution in [2.75, 3.05) is 11.9 Å². The van der Waals surface area contributed by atoms with Gasteiger partial charge in [0, 0.05) is 12.7 Å². The summed E-state index contributed by atoms with van der Waals surface area (Å²) in [6.45, 7) is 0.770. The van der Waals surface area contributed by atoms with Crippen LogP contribution >= 0.6 is 0 Å². The first kappa shape index (κ1) is 24.5. The van der Waals surface area contributed by atoms with Crippen LogP contribution in [0.25, 0.3) is 0 Å². The van der Waals surface area contributed by atoms with E-state index in [9.17, 15) is 22.5 Å². The molecule has 0 saturated heterocycles. The van der Waals surface area contributed by atoms with Gasteiger partial charge in [0.05, 0.1) is 6.42 Å². The summed E-state index contributed by atoms with van der Waals surface area (Å²) in [7, 11) is 1.27. The molecule has 1 aromatic carbocycles. The van der Waals surface area contributed by atoms with Gasteiger partial charge >= 0.3 is 70.4 Å². The SMILES string of the molecule is Cc1c(CC(=O)O)cc(N(C)C(=O)OC(C)(C)C)cc1[B-](F)(F)F.[K+]. The van der Waals surface area contributed by atoms with Gasteiger partial charge in [-0.3, -0.25) is 9.69 Å². The number of carboxylic acids is 1. The molecule has 25 heavy (non-hydrogen) atoms. The van der Waals surface area contributed by atoms with E-state index in [-0.39, 0.29) is 68.2 Å². The predicted molar refractivity (Wildman–Crippen MR) is 85.9 cm³/mol. The van der Waals surface area contributed by atoms with E-state index >= 15 is 0 Å². The third kappa shape index (κ3) is 7.30. The Balaban J connectivity index is 0.00000576. The molecule has 0 aliphatic carbocycles. The Bertz CT molecular complexity index is 659. The van der Waals surface area contributed by atoms with Crippen LogP contribution in [0.4, 0.5) is 23.4 Å². The van der Waals surface area contributed by atoms with Gasteiger partial charge in [-0.15, -0.1) is 5.46 Å². The maximum atomic E-state index is 13.3. The minimum Gasteiger partial charge on any atom is -0.481 e. The molecule has 0 aliphatic rings. The van der Waals surface area contributed by atoms with Gasteiger partial charge in [-0.1, -0.05) is 11.6 Å². The third-order valence-electron chi connectivity index (χ3n) is 3.29. The molecule has 0 heterocycles. The van der Waals surface area contributed by atoms with Gasteiger partial charge in [0.1, 0.15) is 5.60 Å². The largest absolute Gasteiger partial charge is 1.00 e. The van der Waals surface area contributed by atoms with Gasteiger partial charge in [-0.25, -0.2) is 4.79 Å². The number of carboxylic acid groups (broad SMARTS) is 1. The molecule has 1 N–H and O–H groups in total. The number of anilines is 1. The van der Waals surface area contributed by atoms with Gasteiger partial charge < -0.3 is 22.8 Å². The van der Waals surface area contributed by atoms with E-state index < -0.39 is 36.5 Å². The topological polar surface area (TPSA) is 66.8 Å². The Morgan fingerprint density at radius 1 is 1.24 bits per heavy atom. The summed E-state index contributed by atoms with van der Waals surface area (Å²) in [5, 5.41) is 8.90. The Hall–Kier alpha value is -0.549. The second-order valence-corrected chi connectivity index (χ2v) is 6.50. The fourth-order valence-corrected chi connectivity index (χ4v) is 2.10. The van der Waals surface area contributed by atoms with Gasteiger partial charge in [0.25, 0.3) is 0 Å². The van der Waals surface area contributed by atoms with Gasteiger partial charge in [-0.05, 0) is 39.3 Å². The first-order valence-corrected chi connectivity index (χ1v) is 7.24. The summed E-state index contributed by atoms with van der Waals surface area (Å²) < 4.78 is 44.9. The molecule has 1 rings (SSSR count). The van der Waals surface area contributed by atoms with Crippen molar-refractivity contribution in [2.45, 2.75) is 39.7 Å². The molecule has 0 radical (unpaired) electrons. The number of benzene rings is 1. The maximum absolute atomic E-state index is 13.3. The molecule has 0 fully saturated rings. The number of rotatable bonds is 4. The van der Waals surface area contributed by atoms with Crippen LogP contribution in [0.2, 0.25) is 0 Å². The number of ether oxygens (including phenoxy) is 1. The summed E-state index contributed by atoms with van der Waals surface area (Å²) >= 11 is 0. The van der Waals surface area contributed by atoms with E-state index in [1.807, 2.05) is 0 Å². The minimum absolute atomic E-state index is 0. The number of halogens is 3. The maximum Gasteiger partial charge on any atom is 1.00 e. The number of hydrogen-bond acceptors (Lipinski definition) is 3. The number of carbonyl (C=O) groups excluding carboxylic acids is 1. The van der Waals surface area contributed by atoms with Gasteiger partial charge in [0.15, 0.2) is 0 Å². The van der Waals surface area contributed by atoms with Crippen LogP contribution in [0.3, 0.4) is 0 Å². The molecule has 0 saturated carbocycles. The molecule has 5 nitrogen and oxygen atoms in total. The van der Waals surface area contributed by atoms with E-state index in [4.69, 9.17) is 9.84 Å². The van der Waals surface area contributed by atoms with Crippen LogP contribution in [-0.2, 0) is 16.0 Å². The zero-order valence-electron chi connectivity index (χ0n) is 15.2. The fourth-order valence-electron chi connectivity index (χ4n) is 2.10. The standard InChI is InChI=1S/C15H20BF3NO4.K/c1-9-10(7-13(21)22)6-11(8-12(9)16(17,18)19)20(5)14(23)24-15(2,3)4;/h6,8H,7H2,1-5H3,(H,21,22);/q-1;+1. The molecular weight excluding hydrogens is 365 g/mol. The van der Waals surface area contributed by atoms with Crippen molar-refractivity contribution in [3.05, 3.63) is 23.3 Å². The van der Waals surface area contributed by atoms with E-state index in [2.05, 4.69) is 0 Å². The van der Waals surface area contributed by atoms with Crippen LogP contribution in [0.5, 0.6) is 0 Å². The Morgan fingerprint density at radius 2 is 1.76 bits per heavy atom. The quantitative estimate of drug-likeness (QED) is 0.745.